The first kappa shape index (κ1) is 24.4. The van der Waals surface area contributed by atoms with E-state index in [1.54, 1.807) is 6.07 Å². The zero-order chi connectivity index (χ0) is 27.3. The Kier molecular flexibility index (Phi) is 6.61. The highest BCUT2D eigenvalue weighted by molar-refractivity contribution is 5.77. The van der Waals surface area contributed by atoms with Crippen LogP contribution in [0.4, 0.5) is 0 Å². The van der Waals surface area contributed by atoms with Crippen molar-refractivity contribution in [2.24, 2.45) is 0 Å². The number of hydrogen-bond acceptors (Lipinski definition) is 5. The van der Waals surface area contributed by atoms with E-state index in [1.807, 2.05) is 121 Å². The van der Waals surface area contributed by atoms with Crippen molar-refractivity contribution in [3.05, 3.63) is 139 Å². The fourth-order valence-corrected chi connectivity index (χ4v) is 4.54. The van der Waals surface area contributed by atoms with E-state index in [4.69, 9.17) is 15.0 Å². The molecule has 5 aromatic carbocycles. The van der Waals surface area contributed by atoms with Gasteiger partial charge >= 0.3 is 0 Å². The normalized spacial score (nSPS) is 10.4. The van der Waals surface area contributed by atoms with Crippen LogP contribution in [0.1, 0.15) is 11.1 Å². The zero-order valence-electron chi connectivity index (χ0n) is 21.4. The standard InChI is InChI=1S/C35H21N5/c36-22-24-8-7-13-30(18-24)32-20-25(23-37)19-31(21-32)26-14-16-29(17-15-26)35-39-33(27-9-3-1-4-10-27)38-34(40-35)28-11-5-2-6-12-28/h1-21H. The molecule has 1 aromatic heterocycles. The molecule has 40 heavy (non-hydrogen) atoms. The molecule has 5 heteroatoms. The van der Waals surface area contributed by atoms with Gasteiger partial charge in [0.25, 0.3) is 0 Å². The number of nitrogens with zero attached hydrogens (tertiary/aromatic N) is 5. The van der Waals surface area contributed by atoms with Crippen LogP contribution in [0, 0.1) is 22.7 Å². The van der Waals surface area contributed by atoms with Gasteiger partial charge in [-0.2, -0.15) is 10.5 Å². The summed E-state index contributed by atoms with van der Waals surface area (Å²) in [6.45, 7) is 0. The second-order valence-electron chi connectivity index (χ2n) is 9.22. The lowest BCUT2D eigenvalue weighted by atomic mass is 9.95. The van der Waals surface area contributed by atoms with Gasteiger partial charge in [0.15, 0.2) is 17.5 Å². The maximum Gasteiger partial charge on any atom is 0.164 e. The van der Waals surface area contributed by atoms with Crippen LogP contribution in [-0.2, 0) is 0 Å². The lowest BCUT2D eigenvalue weighted by molar-refractivity contribution is 1.07. The van der Waals surface area contributed by atoms with E-state index in [1.165, 1.54) is 0 Å². The van der Waals surface area contributed by atoms with Crippen molar-refractivity contribution < 1.29 is 0 Å². The minimum absolute atomic E-state index is 0.552. The summed E-state index contributed by atoms with van der Waals surface area (Å²) in [6.07, 6.45) is 0. The topological polar surface area (TPSA) is 86.2 Å². The lowest BCUT2D eigenvalue weighted by Crippen LogP contribution is -2.00. The van der Waals surface area contributed by atoms with Gasteiger partial charge in [0.05, 0.1) is 23.3 Å². The Balaban J connectivity index is 1.41. The molecule has 0 aliphatic rings. The first-order valence-electron chi connectivity index (χ1n) is 12.7. The van der Waals surface area contributed by atoms with Gasteiger partial charge in [0, 0.05) is 16.7 Å². The molecule has 6 rings (SSSR count). The van der Waals surface area contributed by atoms with Crippen LogP contribution >= 0.6 is 0 Å². The largest absolute Gasteiger partial charge is 0.208 e. The molecule has 0 saturated heterocycles. The number of hydrogen-bond donors (Lipinski definition) is 0. The summed E-state index contributed by atoms with van der Waals surface area (Å²) in [6, 6.07) is 45.4. The summed E-state index contributed by atoms with van der Waals surface area (Å²) in [4.78, 5) is 14.4. The highest BCUT2D eigenvalue weighted by atomic mass is 15.0. The average Bonchev–Trinajstić information content (AvgIpc) is 3.05. The summed E-state index contributed by atoms with van der Waals surface area (Å²) in [5, 5.41) is 19.0. The van der Waals surface area contributed by atoms with Gasteiger partial charge in [-0.1, -0.05) is 97.1 Å². The maximum absolute atomic E-state index is 9.69. The molecule has 0 amide bonds. The van der Waals surface area contributed by atoms with Gasteiger partial charge in [0.1, 0.15) is 0 Å². The molecule has 5 nitrogen and oxygen atoms in total. The van der Waals surface area contributed by atoms with E-state index < -0.39 is 0 Å². The molecule has 0 aliphatic carbocycles. The van der Waals surface area contributed by atoms with Crippen LogP contribution in [0.2, 0.25) is 0 Å². The van der Waals surface area contributed by atoms with Crippen molar-refractivity contribution >= 4 is 0 Å². The predicted octanol–water partition coefficient (Wildman–Crippen LogP) is 7.95. The Morgan fingerprint density at radius 3 is 1.30 bits per heavy atom. The van der Waals surface area contributed by atoms with Crippen molar-refractivity contribution in [3.8, 4) is 68.6 Å². The van der Waals surface area contributed by atoms with Crippen LogP contribution < -0.4 is 0 Å². The van der Waals surface area contributed by atoms with E-state index in [-0.39, 0.29) is 0 Å². The minimum Gasteiger partial charge on any atom is -0.208 e. The molecule has 0 unspecified atom stereocenters. The van der Waals surface area contributed by atoms with Crippen LogP contribution in [0.3, 0.4) is 0 Å². The third-order valence-corrected chi connectivity index (χ3v) is 6.56. The fraction of sp³-hybridized carbons (Fsp3) is 0. The summed E-state index contributed by atoms with van der Waals surface area (Å²) >= 11 is 0. The van der Waals surface area contributed by atoms with E-state index in [2.05, 4.69) is 12.1 Å². The third kappa shape index (κ3) is 5.09. The van der Waals surface area contributed by atoms with Crippen molar-refractivity contribution in [1.29, 1.82) is 10.5 Å². The quantitative estimate of drug-likeness (QED) is 0.234. The van der Waals surface area contributed by atoms with Crippen LogP contribution in [0.15, 0.2) is 127 Å². The molecule has 1 heterocycles. The molecule has 0 saturated carbocycles. The second kappa shape index (κ2) is 10.8. The average molecular weight is 512 g/mol. The third-order valence-electron chi connectivity index (χ3n) is 6.56. The Hall–Kier alpha value is -5.91. The Morgan fingerprint density at radius 2 is 0.775 bits per heavy atom. The molecule has 0 radical (unpaired) electrons. The van der Waals surface area contributed by atoms with Crippen molar-refractivity contribution in [2.75, 3.05) is 0 Å². The molecule has 186 valence electrons. The molecular weight excluding hydrogens is 490 g/mol. The monoisotopic (exact) mass is 511 g/mol. The van der Waals surface area contributed by atoms with Crippen LogP contribution in [0.25, 0.3) is 56.4 Å². The summed E-state index contributed by atoms with van der Waals surface area (Å²) in [7, 11) is 0. The summed E-state index contributed by atoms with van der Waals surface area (Å²) in [5.74, 6) is 1.80. The van der Waals surface area contributed by atoms with Crippen molar-refractivity contribution in [1.82, 2.24) is 15.0 Å². The van der Waals surface area contributed by atoms with Crippen LogP contribution in [-0.4, -0.2) is 15.0 Å². The SMILES string of the molecule is N#Cc1cccc(-c2cc(C#N)cc(-c3ccc(-c4nc(-c5ccccc5)nc(-c5ccccc5)n4)cc3)c2)c1. The second-order valence-corrected chi connectivity index (χ2v) is 9.22. The lowest BCUT2D eigenvalue weighted by Gasteiger charge is -2.10. The molecule has 0 atom stereocenters. The molecule has 0 aliphatic heterocycles. The molecule has 0 bridgehead atoms. The van der Waals surface area contributed by atoms with E-state index in [0.717, 1.165) is 38.9 Å². The number of nitriles is 2. The van der Waals surface area contributed by atoms with Crippen molar-refractivity contribution in [2.45, 2.75) is 0 Å². The number of rotatable bonds is 5. The molecule has 0 fully saturated rings. The smallest absolute Gasteiger partial charge is 0.164 e. The van der Waals surface area contributed by atoms with Gasteiger partial charge in [0.2, 0.25) is 0 Å². The van der Waals surface area contributed by atoms with Crippen LogP contribution in [0.5, 0.6) is 0 Å². The summed E-state index contributed by atoms with van der Waals surface area (Å²) in [5.41, 5.74) is 7.47. The first-order chi connectivity index (χ1) is 19.7. The molecular formula is C35H21N5. The minimum atomic E-state index is 0.552. The summed E-state index contributed by atoms with van der Waals surface area (Å²) < 4.78 is 0. The van der Waals surface area contributed by atoms with Gasteiger partial charge < -0.3 is 0 Å². The van der Waals surface area contributed by atoms with Gasteiger partial charge in [-0.15, -0.1) is 0 Å². The zero-order valence-corrected chi connectivity index (χ0v) is 21.4. The Bertz CT molecular complexity index is 1840. The highest BCUT2D eigenvalue weighted by Crippen LogP contribution is 2.31. The van der Waals surface area contributed by atoms with E-state index in [0.29, 0.717) is 28.6 Å². The van der Waals surface area contributed by atoms with Crippen molar-refractivity contribution in [3.63, 3.8) is 0 Å². The molecule has 0 spiro atoms. The maximum atomic E-state index is 9.69. The molecule has 6 aromatic rings. The van der Waals surface area contributed by atoms with Gasteiger partial charge in [-0.3, -0.25) is 0 Å². The van der Waals surface area contributed by atoms with Gasteiger partial charge in [-0.05, 0) is 52.6 Å². The van der Waals surface area contributed by atoms with E-state index >= 15 is 0 Å². The van der Waals surface area contributed by atoms with E-state index in [9.17, 15) is 10.5 Å². The highest BCUT2D eigenvalue weighted by Gasteiger charge is 2.13. The first-order valence-corrected chi connectivity index (χ1v) is 12.7. The molecule has 0 N–H and O–H groups in total. The number of benzene rings is 5. The Labute approximate surface area is 232 Å². The van der Waals surface area contributed by atoms with Gasteiger partial charge in [-0.25, -0.2) is 15.0 Å². The predicted molar refractivity (Wildman–Crippen MR) is 156 cm³/mol. The Morgan fingerprint density at radius 1 is 0.350 bits per heavy atom. The number of aromatic nitrogens is 3. The fourth-order valence-electron chi connectivity index (χ4n) is 4.54.